The number of amides is 2. The Bertz CT molecular complexity index is 667. The van der Waals surface area contributed by atoms with E-state index in [9.17, 15) is 18.5 Å². The predicted octanol–water partition coefficient (Wildman–Crippen LogP) is 1.72. The van der Waals surface area contributed by atoms with Crippen LogP contribution in [0.5, 0.6) is 0 Å². The van der Waals surface area contributed by atoms with Gasteiger partial charge in [0.05, 0.1) is 37.7 Å². The highest BCUT2D eigenvalue weighted by molar-refractivity contribution is 5.90. The average Bonchev–Trinajstić information content (AvgIpc) is 2.95. The summed E-state index contributed by atoms with van der Waals surface area (Å²) in [5, 5.41) is -0.0104. The van der Waals surface area contributed by atoms with Crippen molar-refractivity contribution in [1.29, 1.82) is 0 Å². The van der Waals surface area contributed by atoms with Crippen LogP contribution in [0.3, 0.4) is 0 Å². The summed E-state index contributed by atoms with van der Waals surface area (Å²) in [5.74, 6) is -1.22. The molecule has 0 aliphatic carbocycles. The fourth-order valence-electron chi connectivity index (χ4n) is 2.86. The van der Waals surface area contributed by atoms with Crippen LogP contribution < -0.4 is 9.80 Å². The minimum Gasteiger partial charge on any atom is -0.442 e. The molecule has 2 saturated heterocycles. The predicted molar refractivity (Wildman–Crippen MR) is 85.5 cm³/mol. The lowest BCUT2D eigenvalue weighted by atomic mass is 10.2. The van der Waals surface area contributed by atoms with Gasteiger partial charge < -0.3 is 14.4 Å². The molecule has 2 fully saturated rings. The molecule has 0 bridgehead atoms. The molecule has 9 heteroatoms. The van der Waals surface area contributed by atoms with Gasteiger partial charge in [-0.25, -0.2) is 9.18 Å². The number of halogens is 2. The van der Waals surface area contributed by atoms with Gasteiger partial charge in [-0.15, -0.1) is 0 Å². The maximum atomic E-state index is 14.5. The molecule has 2 amide bonds. The lowest BCUT2D eigenvalue weighted by Crippen LogP contribution is -2.36. The summed E-state index contributed by atoms with van der Waals surface area (Å²) < 4.78 is 38.1. The Morgan fingerprint density at radius 2 is 2.08 bits per heavy atom. The van der Waals surface area contributed by atoms with E-state index in [1.165, 1.54) is 11.0 Å². The zero-order chi connectivity index (χ0) is 18.0. The van der Waals surface area contributed by atoms with Gasteiger partial charge in [0.25, 0.3) is 0 Å². The van der Waals surface area contributed by atoms with Crippen molar-refractivity contribution in [2.45, 2.75) is 13.0 Å². The van der Waals surface area contributed by atoms with Crippen molar-refractivity contribution >= 4 is 23.4 Å². The Hall–Kier alpha value is -2.42. The number of hydrogen-bond acceptors (Lipinski definition) is 5. The Labute approximate surface area is 143 Å². The van der Waals surface area contributed by atoms with Crippen molar-refractivity contribution < 1.29 is 27.9 Å². The first-order valence-electron chi connectivity index (χ1n) is 8.00. The fourth-order valence-corrected chi connectivity index (χ4v) is 2.86. The van der Waals surface area contributed by atoms with Gasteiger partial charge in [0, 0.05) is 20.0 Å². The SMILES string of the molecule is CC(=O)N(F)CC1CN(c2ccc(N3CCOCC3)c(F)c2)C(=O)O1. The third-order valence-corrected chi connectivity index (χ3v) is 4.17. The quantitative estimate of drug-likeness (QED) is 0.770. The molecule has 136 valence electrons. The highest BCUT2D eigenvalue weighted by atomic mass is 19.2. The third kappa shape index (κ3) is 3.81. The molecule has 1 aromatic carbocycles. The number of carbonyl (C=O) groups is 2. The van der Waals surface area contributed by atoms with E-state index in [0.29, 0.717) is 37.7 Å². The summed E-state index contributed by atoms with van der Waals surface area (Å²) in [7, 11) is 0. The Morgan fingerprint density at radius 1 is 1.36 bits per heavy atom. The number of morpholine rings is 1. The minimum atomic E-state index is -0.802. The van der Waals surface area contributed by atoms with Gasteiger partial charge in [-0.2, -0.15) is 5.12 Å². The molecule has 2 aliphatic rings. The van der Waals surface area contributed by atoms with Crippen LogP contribution in [0, 0.1) is 5.82 Å². The van der Waals surface area contributed by atoms with E-state index in [4.69, 9.17) is 9.47 Å². The van der Waals surface area contributed by atoms with E-state index in [-0.39, 0.29) is 18.2 Å². The van der Waals surface area contributed by atoms with Gasteiger partial charge >= 0.3 is 6.09 Å². The molecule has 0 spiro atoms. The smallest absolute Gasteiger partial charge is 0.414 e. The first kappa shape index (κ1) is 17.4. The van der Waals surface area contributed by atoms with Crippen LogP contribution in [0.25, 0.3) is 0 Å². The van der Waals surface area contributed by atoms with E-state index in [2.05, 4.69) is 0 Å². The first-order valence-corrected chi connectivity index (χ1v) is 8.00. The minimum absolute atomic E-state index is 0.0104. The van der Waals surface area contributed by atoms with Crippen LogP contribution >= 0.6 is 0 Å². The fraction of sp³-hybridized carbons (Fsp3) is 0.500. The Kier molecular flexibility index (Phi) is 5.03. The second-order valence-corrected chi connectivity index (χ2v) is 5.92. The van der Waals surface area contributed by atoms with Crippen LogP contribution in [0.2, 0.25) is 0 Å². The van der Waals surface area contributed by atoms with Crippen molar-refractivity contribution in [2.24, 2.45) is 0 Å². The average molecular weight is 355 g/mol. The van der Waals surface area contributed by atoms with E-state index >= 15 is 0 Å². The lowest BCUT2D eigenvalue weighted by molar-refractivity contribution is -0.146. The van der Waals surface area contributed by atoms with Gasteiger partial charge in [0.1, 0.15) is 11.9 Å². The summed E-state index contributed by atoms with van der Waals surface area (Å²) in [6.07, 6.45) is -1.50. The molecule has 2 aliphatic heterocycles. The first-order chi connectivity index (χ1) is 12.0. The molecule has 1 unspecified atom stereocenters. The Balaban J connectivity index is 1.70. The summed E-state index contributed by atoms with van der Waals surface area (Å²) >= 11 is 0. The second kappa shape index (κ2) is 7.22. The van der Waals surface area contributed by atoms with E-state index in [1.54, 1.807) is 12.1 Å². The standard InChI is InChI=1S/C16H19F2N3O4/c1-11(22)21(18)10-13-9-20(16(23)25-13)12-2-3-15(14(17)8-12)19-4-6-24-7-5-19/h2-3,8,13H,4-7,9-10H2,1H3. The van der Waals surface area contributed by atoms with Crippen molar-refractivity contribution in [3.05, 3.63) is 24.0 Å². The molecule has 0 N–H and O–H groups in total. The zero-order valence-electron chi connectivity index (χ0n) is 13.8. The summed E-state index contributed by atoms with van der Waals surface area (Å²) in [6, 6.07) is 4.48. The van der Waals surface area contributed by atoms with Gasteiger partial charge in [-0.1, -0.05) is 4.48 Å². The molecule has 7 nitrogen and oxygen atoms in total. The second-order valence-electron chi connectivity index (χ2n) is 5.92. The van der Waals surface area contributed by atoms with E-state index in [1.807, 2.05) is 4.90 Å². The summed E-state index contributed by atoms with van der Waals surface area (Å²) in [5.41, 5.74) is 0.776. The monoisotopic (exact) mass is 355 g/mol. The molecule has 1 atom stereocenters. The summed E-state index contributed by atoms with van der Waals surface area (Å²) in [4.78, 5) is 26.0. The van der Waals surface area contributed by atoms with Crippen LogP contribution in [-0.4, -0.2) is 62.6 Å². The number of benzene rings is 1. The highest BCUT2D eigenvalue weighted by Gasteiger charge is 2.34. The summed E-state index contributed by atoms with van der Waals surface area (Å²) in [6.45, 7) is 3.04. The van der Waals surface area contributed by atoms with Crippen LogP contribution in [-0.2, 0) is 14.3 Å². The molecule has 0 radical (unpaired) electrons. The molecular formula is C16H19F2N3O4. The van der Waals surface area contributed by atoms with Gasteiger partial charge in [-0.05, 0) is 18.2 Å². The molecule has 0 saturated carbocycles. The maximum Gasteiger partial charge on any atom is 0.414 e. The van der Waals surface area contributed by atoms with Crippen LogP contribution in [0.1, 0.15) is 6.92 Å². The number of hydrogen-bond donors (Lipinski definition) is 0. The number of carbonyl (C=O) groups excluding carboxylic acids is 2. The van der Waals surface area contributed by atoms with Crippen molar-refractivity contribution in [1.82, 2.24) is 5.12 Å². The number of cyclic esters (lactones) is 1. The number of nitrogens with zero attached hydrogens (tertiary/aromatic N) is 3. The van der Waals surface area contributed by atoms with Crippen molar-refractivity contribution in [3.8, 4) is 0 Å². The molecule has 0 aromatic heterocycles. The van der Waals surface area contributed by atoms with Gasteiger partial charge in [0.2, 0.25) is 5.91 Å². The van der Waals surface area contributed by atoms with Crippen LogP contribution in [0.15, 0.2) is 18.2 Å². The van der Waals surface area contributed by atoms with Crippen LogP contribution in [0.4, 0.5) is 25.0 Å². The number of rotatable bonds is 4. The van der Waals surface area contributed by atoms with E-state index in [0.717, 1.165) is 6.92 Å². The maximum absolute atomic E-state index is 14.5. The molecular weight excluding hydrogens is 336 g/mol. The topological polar surface area (TPSA) is 62.3 Å². The third-order valence-electron chi connectivity index (χ3n) is 4.17. The van der Waals surface area contributed by atoms with Crippen molar-refractivity contribution in [2.75, 3.05) is 49.2 Å². The molecule has 25 heavy (non-hydrogen) atoms. The molecule has 3 rings (SSSR count). The number of ether oxygens (including phenoxy) is 2. The highest BCUT2D eigenvalue weighted by Crippen LogP contribution is 2.28. The lowest BCUT2D eigenvalue weighted by Gasteiger charge is -2.29. The molecule has 1 aromatic rings. The van der Waals surface area contributed by atoms with E-state index < -0.39 is 23.9 Å². The molecule has 2 heterocycles. The van der Waals surface area contributed by atoms with Gasteiger partial charge in [0.15, 0.2) is 0 Å². The number of anilines is 2. The van der Waals surface area contributed by atoms with Crippen molar-refractivity contribution in [3.63, 3.8) is 0 Å². The largest absolute Gasteiger partial charge is 0.442 e. The normalized spacial score (nSPS) is 20.6. The zero-order valence-corrected chi connectivity index (χ0v) is 13.8. The Morgan fingerprint density at radius 3 is 2.72 bits per heavy atom. The van der Waals surface area contributed by atoms with Gasteiger partial charge in [-0.3, -0.25) is 9.69 Å².